The smallest absolute Gasteiger partial charge is 0.179 e. The Labute approximate surface area is 91.7 Å². The van der Waals surface area contributed by atoms with Crippen molar-refractivity contribution in [1.82, 2.24) is 5.32 Å². The molecule has 82 valence electrons. The van der Waals surface area contributed by atoms with Crippen molar-refractivity contribution in [3.05, 3.63) is 23.5 Å². The minimum atomic E-state index is -0.650. The van der Waals surface area contributed by atoms with Crippen molar-refractivity contribution in [2.75, 3.05) is 19.8 Å². The van der Waals surface area contributed by atoms with Crippen LogP contribution in [-0.4, -0.2) is 30.7 Å². The number of Topliss-reactive ketones (excluding diaryl/α,β-unsaturated/α-hetero) is 1. The Hall–Kier alpha value is -1.07. The van der Waals surface area contributed by atoms with Gasteiger partial charge in [-0.05, 0) is 25.4 Å². The molecule has 0 saturated carbocycles. The van der Waals surface area contributed by atoms with Crippen molar-refractivity contribution in [1.29, 1.82) is 0 Å². The number of nitrogens with one attached hydrogen (secondary N) is 1. The van der Waals surface area contributed by atoms with Gasteiger partial charge in [-0.1, -0.05) is 0 Å². The van der Waals surface area contributed by atoms with E-state index in [9.17, 15) is 14.3 Å². The molecular formula is C10H12FNO2S. The van der Waals surface area contributed by atoms with Crippen LogP contribution < -0.4 is 5.32 Å². The summed E-state index contributed by atoms with van der Waals surface area (Å²) in [7, 11) is 1.62. The third-order valence-corrected chi connectivity index (χ3v) is 2.71. The number of likely N-dealkylation sites (N-methyl/N-ethyl adjacent to an activating group) is 1. The van der Waals surface area contributed by atoms with Crippen molar-refractivity contribution in [3.8, 4) is 5.75 Å². The standard InChI is InChI=1S/C10H12FNO2S/c1-12-5-8(14)6-3-4-7(13)10(15-2)9(6)11/h3-4,12-13H,5H2,1-2H3. The van der Waals surface area contributed by atoms with E-state index in [0.717, 1.165) is 11.8 Å². The van der Waals surface area contributed by atoms with E-state index < -0.39 is 5.82 Å². The molecule has 2 N–H and O–H groups in total. The van der Waals surface area contributed by atoms with E-state index in [1.54, 1.807) is 13.3 Å². The molecule has 0 radical (unpaired) electrons. The number of ketones is 1. The summed E-state index contributed by atoms with van der Waals surface area (Å²) in [6, 6.07) is 2.63. The topological polar surface area (TPSA) is 49.3 Å². The molecule has 1 aromatic rings. The summed E-state index contributed by atoms with van der Waals surface area (Å²) in [5, 5.41) is 12.0. The van der Waals surface area contributed by atoms with E-state index in [-0.39, 0.29) is 28.5 Å². The first-order valence-electron chi connectivity index (χ1n) is 4.35. The maximum atomic E-state index is 13.7. The summed E-state index contributed by atoms with van der Waals surface area (Å²) < 4.78 is 13.7. The van der Waals surface area contributed by atoms with E-state index in [2.05, 4.69) is 5.32 Å². The molecule has 0 heterocycles. The van der Waals surface area contributed by atoms with Crippen molar-refractivity contribution in [3.63, 3.8) is 0 Å². The number of thioether (sulfide) groups is 1. The number of carbonyl (C=O) groups is 1. The van der Waals surface area contributed by atoms with E-state index in [1.807, 2.05) is 0 Å². The quantitative estimate of drug-likeness (QED) is 0.609. The van der Waals surface area contributed by atoms with Crippen molar-refractivity contribution in [2.45, 2.75) is 4.90 Å². The molecule has 0 aromatic heterocycles. The second kappa shape index (κ2) is 5.14. The highest BCUT2D eigenvalue weighted by molar-refractivity contribution is 7.98. The van der Waals surface area contributed by atoms with Gasteiger partial charge in [0.25, 0.3) is 0 Å². The lowest BCUT2D eigenvalue weighted by atomic mass is 10.1. The van der Waals surface area contributed by atoms with Gasteiger partial charge in [0, 0.05) is 0 Å². The monoisotopic (exact) mass is 229 g/mol. The number of carbonyl (C=O) groups excluding carboxylic acids is 1. The third kappa shape index (κ3) is 2.49. The Morgan fingerprint density at radius 3 is 2.80 bits per heavy atom. The zero-order chi connectivity index (χ0) is 11.4. The van der Waals surface area contributed by atoms with Gasteiger partial charge in [-0.25, -0.2) is 4.39 Å². The molecular weight excluding hydrogens is 217 g/mol. The summed E-state index contributed by atoms with van der Waals surface area (Å²) >= 11 is 1.07. The predicted molar refractivity (Wildman–Crippen MR) is 58.1 cm³/mol. The van der Waals surface area contributed by atoms with Crippen LogP contribution in [-0.2, 0) is 0 Å². The summed E-state index contributed by atoms with van der Waals surface area (Å²) in [6.07, 6.45) is 1.64. The molecule has 0 aliphatic heterocycles. The van der Waals surface area contributed by atoms with Crippen LogP contribution >= 0.6 is 11.8 Å². The van der Waals surface area contributed by atoms with Crippen LogP contribution in [0.2, 0.25) is 0 Å². The average Bonchev–Trinajstić information content (AvgIpc) is 2.18. The van der Waals surface area contributed by atoms with Gasteiger partial charge < -0.3 is 10.4 Å². The fourth-order valence-corrected chi connectivity index (χ4v) is 1.78. The molecule has 0 amide bonds. The lowest BCUT2D eigenvalue weighted by Gasteiger charge is -2.07. The van der Waals surface area contributed by atoms with Gasteiger partial charge in [0.1, 0.15) is 5.75 Å². The lowest BCUT2D eigenvalue weighted by Crippen LogP contribution is -2.19. The molecule has 0 saturated heterocycles. The number of phenolic OH excluding ortho intramolecular Hbond substituents is 1. The van der Waals surface area contributed by atoms with Gasteiger partial charge in [-0.3, -0.25) is 4.79 Å². The Balaban J connectivity index is 3.15. The van der Waals surface area contributed by atoms with E-state index >= 15 is 0 Å². The molecule has 5 heteroatoms. The Bertz CT molecular complexity index is 382. The average molecular weight is 229 g/mol. The zero-order valence-corrected chi connectivity index (χ0v) is 9.32. The van der Waals surface area contributed by atoms with Crippen LogP contribution in [0.1, 0.15) is 10.4 Å². The van der Waals surface area contributed by atoms with Crippen molar-refractivity contribution < 1.29 is 14.3 Å². The van der Waals surface area contributed by atoms with Gasteiger partial charge in [0.2, 0.25) is 0 Å². The second-order valence-corrected chi connectivity index (χ2v) is 3.75. The summed E-state index contributed by atoms with van der Waals surface area (Å²) in [6.45, 7) is 0.0789. The fourth-order valence-electron chi connectivity index (χ4n) is 1.21. The molecule has 0 bridgehead atoms. The maximum absolute atomic E-state index is 13.7. The second-order valence-electron chi connectivity index (χ2n) is 2.93. The minimum absolute atomic E-state index is 0.00602. The molecule has 0 fully saturated rings. The molecule has 0 spiro atoms. The summed E-state index contributed by atoms with van der Waals surface area (Å²) in [4.78, 5) is 11.6. The Kier molecular flexibility index (Phi) is 4.11. The van der Waals surface area contributed by atoms with Crippen LogP contribution in [0.4, 0.5) is 4.39 Å². The third-order valence-electron chi connectivity index (χ3n) is 1.92. The van der Waals surface area contributed by atoms with Gasteiger partial charge in [0.05, 0.1) is 17.0 Å². The van der Waals surface area contributed by atoms with Crippen LogP contribution in [0.3, 0.4) is 0 Å². The van der Waals surface area contributed by atoms with Gasteiger partial charge in [0.15, 0.2) is 11.6 Å². The predicted octanol–water partition coefficient (Wildman–Crippen LogP) is 1.66. The molecule has 1 aromatic carbocycles. The minimum Gasteiger partial charge on any atom is -0.507 e. The van der Waals surface area contributed by atoms with Gasteiger partial charge in [-0.2, -0.15) is 0 Å². The number of hydrogen-bond donors (Lipinski definition) is 2. The first-order valence-corrected chi connectivity index (χ1v) is 5.57. The number of phenols is 1. The van der Waals surface area contributed by atoms with Crippen molar-refractivity contribution >= 4 is 17.5 Å². The number of halogens is 1. The van der Waals surface area contributed by atoms with E-state index in [0.29, 0.717) is 0 Å². The summed E-state index contributed by atoms with van der Waals surface area (Å²) in [5.41, 5.74) is 0.00602. The first-order chi connectivity index (χ1) is 7.11. The van der Waals surface area contributed by atoms with Gasteiger partial charge >= 0.3 is 0 Å². The molecule has 15 heavy (non-hydrogen) atoms. The molecule has 0 aliphatic carbocycles. The SMILES string of the molecule is CNCC(=O)c1ccc(O)c(SC)c1F. The number of benzene rings is 1. The molecule has 1 rings (SSSR count). The maximum Gasteiger partial charge on any atom is 0.179 e. The normalized spacial score (nSPS) is 10.3. The Morgan fingerprint density at radius 1 is 1.60 bits per heavy atom. The lowest BCUT2D eigenvalue weighted by molar-refractivity contribution is 0.0989. The largest absolute Gasteiger partial charge is 0.507 e. The van der Waals surface area contributed by atoms with Crippen LogP contribution in [0.15, 0.2) is 17.0 Å². The number of hydrogen-bond acceptors (Lipinski definition) is 4. The molecule has 0 unspecified atom stereocenters. The first kappa shape index (κ1) is 12.0. The highest BCUT2D eigenvalue weighted by Crippen LogP contribution is 2.31. The number of aromatic hydroxyl groups is 1. The van der Waals surface area contributed by atoms with Crippen LogP contribution in [0.25, 0.3) is 0 Å². The van der Waals surface area contributed by atoms with Crippen LogP contribution in [0, 0.1) is 5.82 Å². The summed E-state index contributed by atoms with van der Waals surface area (Å²) in [5.74, 6) is -1.12. The molecule has 0 atom stereocenters. The number of rotatable bonds is 4. The van der Waals surface area contributed by atoms with Crippen LogP contribution in [0.5, 0.6) is 5.75 Å². The zero-order valence-electron chi connectivity index (χ0n) is 8.50. The van der Waals surface area contributed by atoms with E-state index in [1.165, 1.54) is 12.1 Å². The Morgan fingerprint density at radius 2 is 2.27 bits per heavy atom. The molecule has 3 nitrogen and oxygen atoms in total. The van der Waals surface area contributed by atoms with Gasteiger partial charge in [-0.15, -0.1) is 11.8 Å². The van der Waals surface area contributed by atoms with E-state index in [4.69, 9.17) is 0 Å². The molecule has 0 aliphatic rings. The van der Waals surface area contributed by atoms with Crippen molar-refractivity contribution in [2.24, 2.45) is 0 Å². The highest BCUT2D eigenvalue weighted by Gasteiger charge is 2.16. The highest BCUT2D eigenvalue weighted by atomic mass is 32.2. The fraction of sp³-hybridized carbons (Fsp3) is 0.300.